The Labute approximate surface area is 234 Å². The summed E-state index contributed by atoms with van der Waals surface area (Å²) in [4.78, 5) is 22.2. The fraction of sp³-hybridized carbons (Fsp3) is 0.250. The molecule has 1 fully saturated rings. The van der Waals surface area contributed by atoms with Crippen molar-refractivity contribution in [3.05, 3.63) is 76.1 Å². The Morgan fingerprint density at radius 1 is 1.26 bits per heavy atom. The fourth-order valence-electron chi connectivity index (χ4n) is 4.15. The number of anilines is 2. The maximum atomic E-state index is 13.4. The lowest BCUT2D eigenvalue weighted by Gasteiger charge is -2.11. The van der Waals surface area contributed by atoms with Gasteiger partial charge in [0, 0.05) is 24.8 Å². The van der Waals surface area contributed by atoms with Crippen LogP contribution in [0, 0.1) is 17.7 Å². The average molecular weight is 565 g/mol. The molecule has 4 aromatic rings. The molecule has 0 spiro atoms. The van der Waals surface area contributed by atoms with Gasteiger partial charge >= 0.3 is 6.03 Å². The number of benzene rings is 2. The molecule has 0 bridgehead atoms. The number of fused-ring (bicyclic) bond motifs is 1. The van der Waals surface area contributed by atoms with E-state index in [-0.39, 0.29) is 30.5 Å². The molecule has 0 unspecified atom stereocenters. The van der Waals surface area contributed by atoms with Gasteiger partial charge in [0.1, 0.15) is 35.1 Å². The van der Waals surface area contributed by atoms with Gasteiger partial charge in [0.25, 0.3) is 0 Å². The van der Waals surface area contributed by atoms with Crippen molar-refractivity contribution < 1.29 is 13.9 Å². The van der Waals surface area contributed by atoms with Gasteiger partial charge in [-0.3, -0.25) is 0 Å². The molecule has 11 heteroatoms. The molecule has 8 nitrogen and oxygen atoms in total. The van der Waals surface area contributed by atoms with Crippen molar-refractivity contribution in [3.8, 4) is 17.6 Å². The predicted molar refractivity (Wildman–Crippen MR) is 152 cm³/mol. The summed E-state index contributed by atoms with van der Waals surface area (Å²) in [6.07, 6.45) is 2.25. The Morgan fingerprint density at radius 2 is 2.15 bits per heavy atom. The number of urea groups is 1. The van der Waals surface area contributed by atoms with Crippen LogP contribution in [0.1, 0.15) is 23.8 Å². The molecule has 39 heavy (non-hydrogen) atoms. The molecule has 1 saturated heterocycles. The maximum Gasteiger partial charge on any atom is 0.315 e. The molecule has 2 aromatic heterocycles. The van der Waals surface area contributed by atoms with E-state index in [1.54, 1.807) is 24.3 Å². The van der Waals surface area contributed by atoms with Crippen LogP contribution in [0.15, 0.2) is 54.9 Å². The van der Waals surface area contributed by atoms with E-state index in [4.69, 9.17) is 16.3 Å². The number of thiophene rings is 1. The number of rotatable bonds is 7. The topological polar surface area (TPSA) is 100 Å². The molecular weight excluding hydrogens is 539 g/mol. The molecule has 4 N–H and O–H groups in total. The van der Waals surface area contributed by atoms with Crippen LogP contribution in [0.3, 0.4) is 0 Å². The summed E-state index contributed by atoms with van der Waals surface area (Å²) < 4.78 is 19.2. The second-order valence-electron chi connectivity index (χ2n) is 8.91. The van der Waals surface area contributed by atoms with Crippen LogP contribution >= 0.6 is 22.9 Å². The van der Waals surface area contributed by atoms with Gasteiger partial charge in [0.05, 0.1) is 21.3 Å². The smallest absolute Gasteiger partial charge is 0.315 e. The summed E-state index contributed by atoms with van der Waals surface area (Å²) in [7, 11) is 0. The Balaban J connectivity index is 1.24. The lowest BCUT2D eigenvalue weighted by Crippen LogP contribution is -2.42. The first-order chi connectivity index (χ1) is 19.0. The first-order valence-electron chi connectivity index (χ1n) is 12.4. The maximum absolute atomic E-state index is 13.4. The van der Waals surface area contributed by atoms with Crippen LogP contribution < -0.4 is 26.0 Å². The second kappa shape index (κ2) is 12.3. The van der Waals surface area contributed by atoms with Crippen molar-refractivity contribution in [3.63, 3.8) is 0 Å². The summed E-state index contributed by atoms with van der Waals surface area (Å²) in [5.74, 6) is 7.32. The van der Waals surface area contributed by atoms with Crippen LogP contribution in [0.5, 0.6) is 5.75 Å². The van der Waals surface area contributed by atoms with Crippen molar-refractivity contribution in [2.75, 3.05) is 18.4 Å². The van der Waals surface area contributed by atoms with E-state index in [1.807, 2.05) is 19.1 Å². The molecule has 0 saturated carbocycles. The van der Waals surface area contributed by atoms with E-state index in [9.17, 15) is 9.18 Å². The number of halogens is 2. The molecule has 2 atom stereocenters. The summed E-state index contributed by atoms with van der Waals surface area (Å²) in [5, 5.41) is 13.6. The normalized spacial score (nSPS) is 16.4. The van der Waals surface area contributed by atoms with Gasteiger partial charge in [0.15, 0.2) is 0 Å². The zero-order chi connectivity index (χ0) is 27.2. The largest absolute Gasteiger partial charge is 0.487 e. The first kappa shape index (κ1) is 26.7. The number of nitrogens with zero attached hydrogens (tertiary/aromatic N) is 2. The molecule has 0 aliphatic carbocycles. The van der Waals surface area contributed by atoms with Crippen molar-refractivity contribution in [1.29, 1.82) is 0 Å². The second-order valence-corrected chi connectivity index (χ2v) is 10.3. The van der Waals surface area contributed by atoms with Gasteiger partial charge in [-0.2, -0.15) is 0 Å². The third-order valence-electron chi connectivity index (χ3n) is 5.98. The van der Waals surface area contributed by atoms with E-state index in [0.717, 1.165) is 27.2 Å². The highest BCUT2D eigenvalue weighted by Crippen LogP contribution is 2.33. The summed E-state index contributed by atoms with van der Waals surface area (Å²) >= 11 is 7.94. The minimum Gasteiger partial charge on any atom is -0.487 e. The highest BCUT2D eigenvalue weighted by atomic mass is 35.5. The third-order valence-corrected chi connectivity index (χ3v) is 7.23. The van der Waals surface area contributed by atoms with E-state index in [1.165, 1.54) is 29.8 Å². The average Bonchev–Trinajstić information content (AvgIpc) is 3.54. The van der Waals surface area contributed by atoms with Crippen molar-refractivity contribution in [2.24, 2.45) is 0 Å². The van der Waals surface area contributed by atoms with Gasteiger partial charge in [-0.15, -0.1) is 11.3 Å². The van der Waals surface area contributed by atoms with E-state index >= 15 is 0 Å². The monoisotopic (exact) mass is 564 g/mol. The van der Waals surface area contributed by atoms with Gasteiger partial charge < -0.3 is 26.0 Å². The number of hydrogen-bond donors (Lipinski definition) is 4. The van der Waals surface area contributed by atoms with Gasteiger partial charge in [0.2, 0.25) is 0 Å². The molecule has 2 amide bonds. The van der Waals surface area contributed by atoms with Gasteiger partial charge in [-0.1, -0.05) is 35.6 Å². The molecule has 1 aliphatic rings. The molecule has 200 valence electrons. The molecule has 5 rings (SSSR count). The van der Waals surface area contributed by atoms with E-state index in [0.29, 0.717) is 35.2 Å². The summed E-state index contributed by atoms with van der Waals surface area (Å²) in [5.41, 5.74) is 1.45. The Hall–Kier alpha value is -3.91. The quantitative estimate of drug-likeness (QED) is 0.230. The summed E-state index contributed by atoms with van der Waals surface area (Å²) in [6.45, 7) is 3.36. The van der Waals surface area contributed by atoms with Crippen LogP contribution in [0.4, 0.5) is 20.7 Å². The van der Waals surface area contributed by atoms with Crippen molar-refractivity contribution >= 4 is 50.7 Å². The van der Waals surface area contributed by atoms with Gasteiger partial charge in [-0.05, 0) is 55.3 Å². The predicted octanol–water partition coefficient (Wildman–Crippen LogP) is 5.21. The third kappa shape index (κ3) is 6.95. The number of carbonyl (C=O) groups excluding carboxylic acids is 1. The Morgan fingerprint density at radius 3 is 2.97 bits per heavy atom. The molecule has 0 radical (unpaired) electrons. The van der Waals surface area contributed by atoms with Gasteiger partial charge in [-0.25, -0.2) is 19.2 Å². The number of carbonyl (C=O) groups is 1. The van der Waals surface area contributed by atoms with Crippen molar-refractivity contribution in [2.45, 2.75) is 32.0 Å². The number of hydrogen-bond acceptors (Lipinski definition) is 7. The van der Waals surface area contributed by atoms with Crippen LogP contribution in [0.2, 0.25) is 5.02 Å². The summed E-state index contributed by atoms with van der Waals surface area (Å²) in [6, 6.07) is 13.4. The number of nitrogens with one attached hydrogen (secondary N) is 4. The molecular formula is C28H26ClFN6O2S. The highest BCUT2D eigenvalue weighted by Gasteiger charge is 2.23. The number of aromatic nitrogens is 2. The number of amides is 2. The first-order valence-corrected chi connectivity index (χ1v) is 13.6. The number of ether oxygens (including phenoxy) is 1. The molecule has 3 heterocycles. The van der Waals surface area contributed by atoms with Crippen LogP contribution in [-0.2, 0) is 6.61 Å². The zero-order valence-electron chi connectivity index (χ0n) is 21.1. The Kier molecular flexibility index (Phi) is 8.42. The lowest BCUT2D eigenvalue weighted by atomic mass is 10.2. The molecule has 1 aliphatic heterocycles. The molecule has 2 aromatic carbocycles. The minimum absolute atomic E-state index is 0.00499. The van der Waals surface area contributed by atoms with Crippen LogP contribution in [-0.4, -0.2) is 41.2 Å². The highest BCUT2D eigenvalue weighted by molar-refractivity contribution is 7.19. The van der Waals surface area contributed by atoms with E-state index in [2.05, 4.69) is 43.1 Å². The Bertz CT molecular complexity index is 1550. The lowest BCUT2D eigenvalue weighted by molar-refractivity contribution is 0.238. The standard InChI is InChI=1S/C28H26ClFN6O2S/c1-2-31-28(37)36-21-11-19(32-14-21)6-8-22-13-23-26(33-16-34-27(23)39-22)35-20-7-9-25(24(29)12-20)38-15-17-4-3-5-18(30)10-17/h3-5,7,9-10,12-13,16,19,21,32H,2,11,14-15H2,1H3,(H2,31,36,37)(H,33,34,35)/t19-,21+/m0/s1. The van der Waals surface area contributed by atoms with E-state index < -0.39 is 0 Å². The van der Waals surface area contributed by atoms with Crippen LogP contribution in [0.25, 0.3) is 10.2 Å². The minimum atomic E-state index is -0.310. The SMILES string of the molecule is CCNC(=O)N[C@H]1CN[C@@H](C#Cc2cc3c(Nc4ccc(OCc5cccc(F)c5)c(Cl)c4)ncnc3s2)C1. The zero-order valence-corrected chi connectivity index (χ0v) is 22.6. The van der Waals surface area contributed by atoms with Crippen molar-refractivity contribution in [1.82, 2.24) is 25.9 Å². The fourth-order valence-corrected chi connectivity index (χ4v) is 5.24.